The number of benzene rings is 1. The van der Waals surface area contributed by atoms with Gasteiger partial charge in [-0.2, -0.15) is 0 Å². The highest BCUT2D eigenvalue weighted by Gasteiger charge is 2.31. The molecule has 0 saturated carbocycles. The standard InChI is InChI=1S/C16H22N2O4/c1-12-4-5-13(9-14(12)18(19)20)10-17-6-8-22-16(11-17)15-3-2-7-21-15/h4-5,9,15-16H,2-3,6-8,10-11H2,1H3/t15-,16-/m1/s1. The first-order valence-corrected chi connectivity index (χ1v) is 7.83. The Labute approximate surface area is 130 Å². The number of nitro benzene ring substituents is 1. The van der Waals surface area contributed by atoms with Crippen LogP contribution in [0.4, 0.5) is 5.69 Å². The fourth-order valence-corrected chi connectivity index (χ4v) is 3.20. The highest BCUT2D eigenvalue weighted by molar-refractivity contribution is 5.42. The smallest absolute Gasteiger partial charge is 0.272 e. The Hall–Kier alpha value is -1.50. The van der Waals surface area contributed by atoms with Gasteiger partial charge in [0, 0.05) is 37.9 Å². The normalized spacial score (nSPS) is 26.2. The topological polar surface area (TPSA) is 64.8 Å². The predicted molar refractivity (Wildman–Crippen MR) is 81.8 cm³/mol. The van der Waals surface area contributed by atoms with Crippen LogP contribution in [0.1, 0.15) is 24.0 Å². The van der Waals surface area contributed by atoms with Gasteiger partial charge in [0.05, 0.1) is 23.7 Å². The van der Waals surface area contributed by atoms with E-state index >= 15 is 0 Å². The molecule has 120 valence electrons. The summed E-state index contributed by atoms with van der Waals surface area (Å²) < 4.78 is 11.6. The van der Waals surface area contributed by atoms with Crippen LogP contribution in [-0.2, 0) is 16.0 Å². The van der Waals surface area contributed by atoms with Gasteiger partial charge in [0.25, 0.3) is 5.69 Å². The molecule has 6 nitrogen and oxygen atoms in total. The van der Waals surface area contributed by atoms with E-state index in [4.69, 9.17) is 9.47 Å². The van der Waals surface area contributed by atoms with E-state index in [9.17, 15) is 10.1 Å². The summed E-state index contributed by atoms with van der Waals surface area (Å²) in [6, 6.07) is 5.48. The van der Waals surface area contributed by atoms with Gasteiger partial charge in [0.1, 0.15) is 0 Å². The van der Waals surface area contributed by atoms with Crippen LogP contribution >= 0.6 is 0 Å². The van der Waals surface area contributed by atoms with Crippen molar-refractivity contribution >= 4 is 5.69 Å². The van der Waals surface area contributed by atoms with Crippen molar-refractivity contribution in [2.45, 2.75) is 38.5 Å². The molecule has 3 rings (SSSR count). The third-order valence-corrected chi connectivity index (χ3v) is 4.43. The molecular formula is C16H22N2O4. The van der Waals surface area contributed by atoms with Gasteiger partial charge in [-0.05, 0) is 25.3 Å². The Morgan fingerprint density at radius 2 is 2.14 bits per heavy atom. The molecule has 2 fully saturated rings. The molecule has 2 aliphatic heterocycles. The quantitative estimate of drug-likeness (QED) is 0.631. The van der Waals surface area contributed by atoms with Crippen LogP contribution in [0.3, 0.4) is 0 Å². The Morgan fingerprint density at radius 3 is 2.86 bits per heavy atom. The maximum absolute atomic E-state index is 11.0. The van der Waals surface area contributed by atoms with Crippen LogP contribution in [0.2, 0.25) is 0 Å². The molecule has 0 N–H and O–H groups in total. The molecule has 0 spiro atoms. The van der Waals surface area contributed by atoms with E-state index in [1.54, 1.807) is 13.0 Å². The number of nitrogens with zero attached hydrogens (tertiary/aromatic N) is 2. The van der Waals surface area contributed by atoms with Crippen molar-refractivity contribution < 1.29 is 14.4 Å². The molecule has 22 heavy (non-hydrogen) atoms. The summed E-state index contributed by atoms with van der Waals surface area (Å²) in [7, 11) is 0. The summed E-state index contributed by atoms with van der Waals surface area (Å²) in [4.78, 5) is 13.0. The molecule has 0 aliphatic carbocycles. The Balaban J connectivity index is 1.65. The summed E-state index contributed by atoms with van der Waals surface area (Å²) >= 11 is 0. The molecule has 2 saturated heterocycles. The molecule has 0 aromatic heterocycles. The molecule has 0 amide bonds. The van der Waals surface area contributed by atoms with E-state index in [0.717, 1.165) is 38.1 Å². The van der Waals surface area contributed by atoms with Crippen molar-refractivity contribution in [1.29, 1.82) is 0 Å². The van der Waals surface area contributed by atoms with E-state index in [1.807, 2.05) is 12.1 Å². The van der Waals surface area contributed by atoms with E-state index in [-0.39, 0.29) is 22.8 Å². The van der Waals surface area contributed by atoms with Crippen molar-refractivity contribution in [3.8, 4) is 0 Å². The summed E-state index contributed by atoms with van der Waals surface area (Å²) in [5.74, 6) is 0. The Kier molecular flexibility index (Phi) is 4.71. The second-order valence-corrected chi connectivity index (χ2v) is 6.07. The molecule has 2 atom stereocenters. The number of hydrogen-bond donors (Lipinski definition) is 0. The van der Waals surface area contributed by atoms with Crippen molar-refractivity contribution in [1.82, 2.24) is 4.90 Å². The summed E-state index contributed by atoms with van der Waals surface area (Å²) in [6.07, 6.45) is 2.50. The maximum atomic E-state index is 11.0. The van der Waals surface area contributed by atoms with Gasteiger partial charge < -0.3 is 9.47 Å². The van der Waals surface area contributed by atoms with Crippen LogP contribution in [-0.4, -0.2) is 48.3 Å². The van der Waals surface area contributed by atoms with Crippen LogP contribution in [0.25, 0.3) is 0 Å². The van der Waals surface area contributed by atoms with Gasteiger partial charge in [-0.25, -0.2) is 0 Å². The van der Waals surface area contributed by atoms with Gasteiger partial charge in [0.15, 0.2) is 0 Å². The fourth-order valence-electron chi connectivity index (χ4n) is 3.20. The molecule has 6 heteroatoms. The Morgan fingerprint density at radius 1 is 1.32 bits per heavy atom. The highest BCUT2D eigenvalue weighted by atomic mass is 16.6. The second kappa shape index (κ2) is 6.73. The highest BCUT2D eigenvalue weighted by Crippen LogP contribution is 2.23. The third kappa shape index (κ3) is 3.45. The second-order valence-electron chi connectivity index (χ2n) is 6.07. The molecule has 2 aliphatic rings. The Bertz CT molecular complexity index is 543. The first-order valence-electron chi connectivity index (χ1n) is 7.83. The van der Waals surface area contributed by atoms with Crippen molar-refractivity contribution in [3.05, 3.63) is 39.4 Å². The van der Waals surface area contributed by atoms with Crippen LogP contribution in [0, 0.1) is 17.0 Å². The predicted octanol–water partition coefficient (Wildman–Crippen LogP) is 2.28. The zero-order chi connectivity index (χ0) is 15.5. The number of hydrogen-bond acceptors (Lipinski definition) is 5. The lowest BCUT2D eigenvalue weighted by atomic mass is 10.1. The molecule has 1 aromatic rings. The molecular weight excluding hydrogens is 284 g/mol. The van der Waals surface area contributed by atoms with Crippen LogP contribution in [0.15, 0.2) is 18.2 Å². The number of morpholine rings is 1. The zero-order valence-electron chi connectivity index (χ0n) is 12.9. The average molecular weight is 306 g/mol. The molecule has 0 unspecified atom stereocenters. The van der Waals surface area contributed by atoms with Crippen molar-refractivity contribution in [2.75, 3.05) is 26.3 Å². The summed E-state index contributed by atoms with van der Waals surface area (Å²) in [5.41, 5.74) is 1.87. The summed E-state index contributed by atoms with van der Waals surface area (Å²) in [5, 5.41) is 11.0. The molecule has 1 aromatic carbocycles. The minimum Gasteiger partial charge on any atom is -0.375 e. The van der Waals surface area contributed by atoms with Crippen molar-refractivity contribution in [3.63, 3.8) is 0 Å². The number of rotatable bonds is 4. The molecule has 2 heterocycles. The number of ether oxygens (including phenoxy) is 2. The number of nitro groups is 1. The lowest BCUT2D eigenvalue weighted by molar-refractivity contribution is -0.385. The van der Waals surface area contributed by atoms with Gasteiger partial charge in [0.2, 0.25) is 0 Å². The molecule has 0 radical (unpaired) electrons. The van der Waals surface area contributed by atoms with E-state index in [2.05, 4.69) is 4.90 Å². The first-order chi connectivity index (χ1) is 10.6. The average Bonchev–Trinajstić information content (AvgIpc) is 3.03. The van der Waals surface area contributed by atoms with Gasteiger partial charge in [-0.1, -0.05) is 12.1 Å². The van der Waals surface area contributed by atoms with Gasteiger partial charge >= 0.3 is 0 Å². The maximum Gasteiger partial charge on any atom is 0.272 e. The van der Waals surface area contributed by atoms with Crippen LogP contribution < -0.4 is 0 Å². The van der Waals surface area contributed by atoms with Gasteiger partial charge in [-0.3, -0.25) is 15.0 Å². The number of aryl methyl sites for hydroxylation is 1. The van der Waals surface area contributed by atoms with E-state index < -0.39 is 0 Å². The molecule has 0 bridgehead atoms. The van der Waals surface area contributed by atoms with Gasteiger partial charge in [-0.15, -0.1) is 0 Å². The van der Waals surface area contributed by atoms with Crippen LogP contribution in [0.5, 0.6) is 0 Å². The van der Waals surface area contributed by atoms with Crippen molar-refractivity contribution in [2.24, 2.45) is 0 Å². The minimum absolute atomic E-state index is 0.122. The lowest BCUT2D eigenvalue weighted by Gasteiger charge is -2.35. The van der Waals surface area contributed by atoms with E-state index in [1.165, 1.54) is 0 Å². The van der Waals surface area contributed by atoms with E-state index in [0.29, 0.717) is 18.7 Å². The lowest BCUT2D eigenvalue weighted by Crippen LogP contribution is -2.47. The zero-order valence-corrected chi connectivity index (χ0v) is 12.9. The largest absolute Gasteiger partial charge is 0.375 e. The first kappa shape index (κ1) is 15.4. The third-order valence-electron chi connectivity index (χ3n) is 4.43. The SMILES string of the molecule is Cc1ccc(CN2CCO[C@@H]([C@H]3CCCO3)C2)cc1[N+](=O)[O-]. The fraction of sp³-hybridized carbons (Fsp3) is 0.625. The minimum atomic E-state index is -0.312. The summed E-state index contributed by atoms with van der Waals surface area (Å²) in [6.45, 7) is 5.68. The monoisotopic (exact) mass is 306 g/mol.